The molecule has 3 nitrogen and oxygen atoms in total. The van der Waals surface area contributed by atoms with E-state index in [4.69, 9.17) is 0 Å². The largest absolute Gasteiger partial charge is 0.393 e. The normalized spacial score (nSPS) is 22.7. The summed E-state index contributed by atoms with van der Waals surface area (Å²) < 4.78 is 0. The minimum Gasteiger partial charge on any atom is -0.393 e. The van der Waals surface area contributed by atoms with E-state index in [1.54, 1.807) is 0 Å². The zero-order chi connectivity index (χ0) is 20.7. The van der Waals surface area contributed by atoms with Crippen LogP contribution in [0.2, 0.25) is 0 Å². The van der Waals surface area contributed by atoms with Gasteiger partial charge in [0.2, 0.25) is 0 Å². The summed E-state index contributed by atoms with van der Waals surface area (Å²) in [7, 11) is 0. The molecular weight excluding hydrogens is 348 g/mol. The number of unbranched alkanes of at least 4 members (excludes halogenated alkanes) is 1. The highest BCUT2D eigenvalue weighted by Crippen LogP contribution is 2.29. The summed E-state index contributed by atoms with van der Waals surface area (Å²) in [5, 5.41) is 29.8. The van der Waals surface area contributed by atoms with Crippen molar-refractivity contribution < 1.29 is 15.3 Å². The molecule has 1 aliphatic carbocycles. The Labute approximate surface area is 170 Å². The monoisotopic (exact) mass is 384 g/mol. The van der Waals surface area contributed by atoms with E-state index in [1.165, 1.54) is 16.7 Å². The fourth-order valence-electron chi connectivity index (χ4n) is 3.69. The molecule has 0 saturated heterocycles. The molecule has 1 fully saturated rings. The van der Waals surface area contributed by atoms with Gasteiger partial charge in [-0.3, -0.25) is 0 Å². The predicted molar refractivity (Wildman–Crippen MR) is 117 cm³/mol. The topological polar surface area (TPSA) is 60.7 Å². The average Bonchev–Trinajstić information content (AvgIpc) is 2.63. The summed E-state index contributed by atoms with van der Waals surface area (Å²) in [6.07, 6.45) is 8.68. The Kier molecular flexibility index (Phi) is 8.23. The second-order valence-electron chi connectivity index (χ2n) is 8.59. The molecule has 0 aromatic heterocycles. The van der Waals surface area contributed by atoms with E-state index >= 15 is 0 Å². The quantitative estimate of drug-likeness (QED) is 0.555. The molecule has 154 valence electrons. The minimum absolute atomic E-state index is 0.371. The molecule has 0 heterocycles. The van der Waals surface area contributed by atoms with Gasteiger partial charge >= 0.3 is 0 Å². The van der Waals surface area contributed by atoms with Crippen molar-refractivity contribution in [3.05, 3.63) is 65.3 Å². The van der Waals surface area contributed by atoms with Gasteiger partial charge in [-0.2, -0.15) is 0 Å². The molecule has 0 aliphatic heterocycles. The Morgan fingerprint density at radius 1 is 1.25 bits per heavy atom. The number of aryl methyl sites for hydroxylation is 1. The summed E-state index contributed by atoms with van der Waals surface area (Å²) in [6.45, 7) is 9.84. The lowest BCUT2D eigenvalue weighted by Crippen LogP contribution is -2.26. The molecule has 28 heavy (non-hydrogen) atoms. The van der Waals surface area contributed by atoms with Crippen molar-refractivity contribution in [1.29, 1.82) is 0 Å². The molecule has 1 saturated carbocycles. The van der Waals surface area contributed by atoms with Gasteiger partial charge in [0.1, 0.15) is 0 Å². The molecular formula is C25H36O3. The van der Waals surface area contributed by atoms with Crippen LogP contribution in [-0.2, 0) is 6.42 Å². The molecule has 2 atom stereocenters. The molecule has 3 heteroatoms. The predicted octanol–water partition coefficient (Wildman–Crippen LogP) is 4.96. The van der Waals surface area contributed by atoms with Crippen LogP contribution in [0.3, 0.4) is 0 Å². The number of aliphatic hydroxyl groups is 3. The minimum atomic E-state index is -0.652. The first-order valence-electron chi connectivity index (χ1n) is 10.5. The molecule has 0 radical (unpaired) electrons. The number of hydrogen-bond acceptors (Lipinski definition) is 3. The third-order valence-electron chi connectivity index (χ3n) is 5.43. The first kappa shape index (κ1) is 22.6. The van der Waals surface area contributed by atoms with E-state index in [0.29, 0.717) is 12.8 Å². The van der Waals surface area contributed by atoms with E-state index in [-0.39, 0.29) is 0 Å². The van der Waals surface area contributed by atoms with Gasteiger partial charge in [-0.15, -0.1) is 0 Å². The summed E-state index contributed by atoms with van der Waals surface area (Å²) in [5.74, 6) is 0. The van der Waals surface area contributed by atoms with Crippen molar-refractivity contribution in [1.82, 2.24) is 0 Å². The van der Waals surface area contributed by atoms with Crippen molar-refractivity contribution in [2.24, 2.45) is 0 Å². The maximum absolute atomic E-state index is 10.0. The van der Waals surface area contributed by atoms with E-state index in [0.717, 1.165) is 43.3 Å². The summed E-state index contributed by atoms with van der Waals surface area (Å²) in [6, 6.07) is 8.64. The van der Waals surface area contributed by atoms with E-state index in [2.05, 4.69) is 43.8 Å². The van der Waals surface area contributed by atoms with Crippen LogP contribution in [-0.4, -0.2) is 33.1 Å². The molecule has 0 unspecified atom stereocenters. The SMILES string of the molecule is C=C1/C(=C\C=C(/CC)c2cccc(CCCCC(C)(C)O)c2)C[C@@H](O)C[C@H]1O. The smallest absolute Gasteiger partial charge is 0.0811 e. The Bertz CT molecular complexity index is 722. The number of allylic oxidation sites excluding steroid dienone is 3. The standard InChI is InChI=1S/C25H36O3/c1-5-20(12-13-21-16-23(26)17-24(27)18(21)2)22-11-8-10-19(15-22)9-6-7-14-25(3,4)28/h8,10-13,15,23-24,26-28H,2,5-7,9,14,16-17H2,1,3-4H3/b20-12+,21-13-/t23-,24-/m1/s1. The molecule has 0 bridgehead atoms. The van der Waals surface area contributed by atoms with Gasteiger partial charge in [0.05, 0.1) is 17.8 Å². The summed E-state index contributed by atoms with van der Waals surface area (Å²) >= 11 is 0. The van der Waals surface area contributed by atoms with Crippen LogP contribution in [0.15, 0.2) is 54.1 Å². The van der Waals surface area contributed by atoms with Gasteiger partial charge in [0.25, 0.3) is 0 Å². The van der Waals surface area contributed by atoms with Crippen LogP contribution < -0.4 is 0 Å². The van der Waals surface area contributed by atoms with Gasteiger partial charge in [0, 0.05) is 6.42 Å². The van der Waals surface area contributed by atoms with Gasteiger partial charge in [-0.1, -0.05) is 56.3 Å². The molecule has 1 aliphatic rings. The Balaban J connectivity index is 2.08. The molecule has 2 rings (SSSR count). The first-order chi connectivity index (χ1) is 13.2. The fourth-order valence-corrected chi connectivity index (χ4v) is 3.69. The van der Waals surface area contributed by atoms with Gasteiger partial charge in [-0.05, 0) is 73.8 Å². The van der Waals surface area contributed by atoms with Crippen LogP contribution in [0.25, 0.3) is 5.57 Å². The lowest BCUT2D eigenvalue weighted by molar-refractivity contribution is 0.0682. The second-order valence-corrected chi connectivity index (χ2v) is 8.59. The van der Waals surface area contributed by atoms with E-state index < -0.39 is 17.8 Å². The van der Waals surface area contributed by atoms with E-state index in [9.17, 15) is 15.3 Å². The second kappa shape index (κ2) is 10.2. The van der Waals surface area contributed by atoms with Gasteiger partial charge in [-0.25, -0.2) is 0 Å². The van der Waals surface area contributed by atoms with Crippen LogP contribution >= 0.6 is 0 Å². The molecule has 3 N–H and O–H groups in total. The molecule has 0 amide bonds. The highest BCUT2D eigenvalue weighted by Gasteiger charge is 2.24. The van der Waals surface area contributed by atoms with Crippen molar-refractivity contribution in [3.8, 4) is 0 Å². The number of aliphatic hydroxyl groups excluding tert-OH is 2. The zero-order valence-electron chi connectivity index (χ0n) is 17.6. The Morgan fingerprint density at radius 3 is 2.68 bits per heavy atom. The van der Waals surface area contributed by atoms with Crippen LogP contribution in [0.5, 0.6) is 0 Å². The number of hydrogen-bond donors (Lipinski definition) is 3. The fraction of sp³-hybridized carbons (Fsp3) is 0.520. The Hall–Kier alpha value is -1.68. The number of rotatable bonds is 8. The summed E-state index contributed by atoms with van der Waals surface area (Å²) in [4.78, 5) is 0. The number of benzene rings is 1. The van der Waals surface area contributed by atoms with Crippen LogP contribution in [0.4, 0.5) is 0 Å². The van der Waals surface area contributed by atoms with Crippen molar-refractivity contribution in [2.75, 3.05) is 0 Å². The highest BCUT2D eigenvalue weighted by molar-refractivity contribution is 5.68. The molecule has 1 aromatic rings. The zero-order valence-corrected chi connectivity index (χ0v) is 17.6. The van der Waals surface area contributed by atoms with Gasteiger partial charge in [0.15, 0.2) is 0 Å². The highest BCUT2D eigenvalue weighted by atomic mass is 16.3. The summed E-state index contributed by atoms with van der Waals surface area (Å²) in [5.41, 5.74) is 4.82. The van der Waals surface area contributed by atoms with Crippen LogP contribution in [0.1, 0.15) is 70.4 Å². The van der Waals surface area contributed by atoms with E-state index in [1.807, 2.05) is 19.9 Å². The lowest BCUT2D eigenvalue weighted by Gasteiger charge is -2.26. The van der Waals surface area contributed by atoms with Crippen molar-refractivity contribution in [3.63, 3.8) is 0 Å². The lowest BCUT2D eigenvalue weighted by atomic mass is 9.85. The van der Waals surface area contributed by atoms with Crippen molar-refractivity contribution in [2.45, 2.75) is 83.5 Å². The van der Waals surface area contributed by atoms with Crippen molar-refractivity contribution >= 4 is 5.57 Å². The van der Waals surface area contributed by atoms with Crippen LogP contribution in [0, 0.1) is 0 Å². The first-order valence-corrected chi connectivity index (χ1v) is 10.5. The maximum Gasteiger partial charge on any atom is 0.0811 e. The maximum atomic E-state index is 10.0. The molecule has 0 spiro atoms. The van der Waals surface area contributed by atoms with Gasteiger partial charge < -0.3 is 15.3 Å². The Morgan fingerprint density at radius 2 is 2.00 bits per heavy atom. The third-order valence-corrected chi connectivity index (χ3v) is 5.43. The third kappa shape index (κ3) is 7.05. The molecule has 1 aromatic carbocycles. The average molecular weight is 385 g/mol.